The van der Waals surface area contributed by atoms with Crippen LogP contribution >= 0.6 is 0 Å². The maximum atomic E-state index is 10.7. The van der Waals surface area contributed by atoms with Crippen molar-refractivity contribution in [3.63, 3.8) is 0 Å². The Hall–Kier alpha value is -1.75. The van der Waals surface area contributed by atoms with Crippen LogP contribution in [0.5, 0.6) is 11.5 Å². The van der Waals surface area contributed by atoms with Gasteiger partial charge in [-0.25, -0.2) is 0 Å². The molecule has 1 heterocycles. The summed E-state index contributed by atoms with van der Waals surface area (Å²) in [5.74, 6) is 1.02. The maximum Gasteiger partial charge on any atom is 0.302 e. The van der Waals surface area contributed by atoms with Gasteiger partial charge in [0, 0.05) is 19.4 Å². The van der Waals surface area contributed by atoms with Crippen molar-refractivity contribution in [3.8, 4) is 11.5 Å². The van der Waals surface area contributed by atoms with Gasteiger partial charge in [-0.2, -0.15) is 0 Å². The molecule has 98 valence electrons. The molecule has 5 nitrogen and oxygen atoms in total. The first kappa shape index (κ1) is 12.7. The van der Waals surface area contributed by atoms with Crippen LogP contribution in [0.15, 0.2) is 18.2 Å². The van der Waals surface area contributed by atoms with Crippen molar-refractivity contribution in [2.24, 2.45) is 5.92 Å². The molecule has 1 aromatic rings. The highest BCUT2D eigenvalue weighted by molar-refractivity contribution is 5.65. The second-order valence-corrected chi connectivity index (χ2v) is 4.24. The van der Waals surface area contributed by atoms with Crippen LogP contribution in [0.25, 0.3) is 0 Å². The molecule has 0 bridgehead atoms. The number of carbonyl (C=O) groups excluding carboxylic acids is 1. The molecule has 0 amide bonds. The van der Waals surface area contributed by atoms with Crippen molar-refractivity contribution in [1.82, 2.24) is 0 Å². The lowest BCUT2D eigenvalue weighted by atomic mass is 10.0. The van der Waals surface area contributed by atoms with Crippen molar-refractivity contribution in [3.05, 3.63) is 23.8 Å². The van der Waals surface area contributed by atoms with E-state index in [4.69, 9.17) is 14.2 Å². The second-order valence-electron chi connectivity index (χ2n) is 4.24. The quantitative estimate of drug-likeness (QED) is 0.796. The summed E-state index contributed by atoms with van der Waals surface area (Å²) >= 11 is 0. The second kappa shape index (κ2) is 5.73. The Balaban J connectivity index is 1.96. The largest absolute Gasteiger partial charge is 0.465 e. The smallest absolute Gasteiger partial charge is 0.302 e. The standard InChI is InChI=1S/C13H16O5/c1-9(15)16-7-11(6-14)4-10-2-3-12-13(5-10)18-8-17-12/h2-3,5,11,14H,4,6-8H2,1H3/t11-/m1/s1. The molecule has 0 aromatic heterocycles. The Labute approximate surface area is 105 Å². The van der Waals surface area contributed by atoms with Crippen LogP contribution < -0.4 is 9.47 Å². The average Bonchev–Trinajstić information content (AvgIpc) is 2.81. The summed E-state index contributed by atoms with van der Waals surface area (Å²) in [4.78, 5) is 10.7. The molecule has 0 radical (unpaired) electrons. The highest BCUT2D eigenvalue weighted by atomic mass is 16.7. The number of benzene rings is 1. The highest BCUT2D eigenvalue weighted by Gasteiger charge is 2.16. The normalized spacial score (nSPS) is 14.3. The molecule has 1 N–H and O–H groups in total. The zero-order valence-corrected chi connectivity index (χ0v) is 10.2. The summed E-state index contributed by atoms with van der Waals surface area (Å²) in [5.41, 5.74) is 1.02. The number of ether oxygens (including phenoxy) is 3. The number of hydrogen-bond donors (Lipinski definition) is 1. The van der Waals surface area contributed by atoms with Gasteiger partial charge in [0.15, 0.2) is 11.5 Å². The minimum Gasteiger partial charge on any atom is -0.465 e. The van der Waals surface area contributed by atoms with Gasteiger partial charge < -0.3 is 19.3 Å². The molecule has 0 aliphatic carbocycles. The van der Waals surface area contributed by atoms with Gasteiger partial charge in [0.1, 0.15) is 0 Å². The van der Waals surface area contributed by atoms with E-state index in [9.17, 15) is 9.90 Å². The van der Waals surface area contributed by atoms with E-state index in [2.05, 4.69) is 0 Å². The first-order valence-electron chi connectivity index (χ1n) is 5.82. The van der Waals surface area contributed by atoms with Gasteiger partial charge >= 0.3 is 5.97 Å². The molecule has 0 fully saturated rings. The van der Waals surface area contributed by atoms with Gasteiger partial charge in [-0.3, -0.25) is 4.79 Å². The third-order valence-electron chi connectivity index (χ3n) is 2.74. The number of hydrogen-bond acceptors (Lipinski definition) is 5. The van der Waals surface area contributed by atoms with E-state index in [0.29, 0.717) is 6.42 Å². The van der Waals surface area contributed by atoms with Gasteiger partial charge in [0.25, 0.3) is 0 Å². The molecule has 5 heteroatoms. The van der Waals surface area contributed by atoms with Crippen LogP contribution in [0, 0.1) is 5.92 Å². The molecule has 0 saturated heterocycles. The van der Waals surface area contributed by atoms with E-state index in [0.717, 1.165) is 17.1 Å². The predicted molar refractivity (Wildman–Crippen MR) is 63.5 cm³/mol. The molecule has 2 rings (SSSR count). The number of rotatable bonds is 5. The lowest BCUT2D eigenvalue weighted by Crippen LogP contribution is -2.18. The molecular weight excluding hydrogens is 236 g/mol. The van der Waals surface area contributed by atoms with Crippen molar-refractivity contribution in [2.45, 2.75) is 13.3 Å². The van der Waals surface area contributed by atoms with Crippen LogP contribution in [0.2, 0.25) is 0 Å². The summed E-state index contributed by atoms with van der Waals surface area (Å²) in [5, 5.41) is 9.25. The van der Waals surface area contributed by atoms with E-state index in [1.54, 1.807) is 0 Å². The van der Waals surface area contributed by atoms with Crippen LogP contribution in [0.4, 0.5) is 0 Å². The Morgan fingerprint density at radius 3 is 2.94 bits per heavy atom. The molecule has 0 saturated carbocycles. The zero-order chi connectivity index (χ0) is 13.0. The number of fused-ring (bicyclic) bond motifs is 1. The third kappa shape index (κ3) is 3.13. The van der Waals surface area contributed by atoms with Crippen LogP contribution in [-0.4, -0.2) is 31.1 Å². The highest BCUT2D eigenvalue weighted by Crippen LogP contribution is 2.33. The molecule has 1 aliphatic rings. The van der Waals surface area contributed by atoms with E-state index in [1.165, 1.54) is 6.92 Å². The average molecular weight is 252 g/mol. The molecule has 1 aromatic carbocycles. The van der Waals surface area contributed by atoms with E-state index < -0.39 is 0 Å². The van der Waals surface area contributed by atoms with Crippen LogP contribution in [-0.2, 0) is 16.0 Å². The predicted octanol–water partition coefficient (Wildman–Crippen LogP) is 1.13. The van der Waals surface area contributed by atoms with Gasteiger partial charge in [-0.05, 0) is 24.1 Å². The Kier molecular flexibility index (Phi) is 4.04. The number of carbonyl (C=O) groups is 1. The lowest BCUT2D eigenvalue weighted by molar-refractivity contribution is -0.142. The van der Waals surface area contributed by atoms with Crippen molar-refractivity contribution in [1.29, 1.82) is 0 Å². The number of aliphatic hydroxyl groups is 1. The van der Waals surface area contributed by atoms with Crippen molar-refractivity contribution in [2.75, 3.05) is 20.0 Å². The first-order chi connectivity index (χ1) is 8.69. The van der Waals surface area contributed by atoms with Crippen molar-refractivity contribution < 1.29 is 24.1 Å². The molecule has 0 unspecified atom stereocenters. The Morgan fingerprint density at radius 1 is 1.44 bits per heavy atom. The summed E-state index contributed by atoms with van der Waals surface area (Å²) in [6.07, 6.45) is 0.625. The zero-order valence-electron chi connectivity index (χ0n) is 10.2. The Bertz CT molecular complexity index is 429. The fraction of sp³-hybridized carbons (Fsp3) is 0.462. The fourth-order valence-corrected chi connectivity index (χ4v) is 1.81. The molecule has 18 heavy (non-hydrogen) atoms. The van der Waals surface area contributed by atoms with Gasteiger partial charge in [-0.15, -0.1) is 0 Å². The van der Waals surface area contributed by atoms with E-state index in [1.807, 2.05) is 18.2 Å². The minimum atomic E-state index is -0.334. The van der Waals surface area contributed by atoms with Crippen LogP contribution in [0.3, 0.4) is 0 Å². The minimum absolute atomic E-state index is 0.0261. The van der Waals surface area contributed by atoms with E-state index in [-0.39, 0.29) is 31.9 Å². The van der Waals surface area contributed by atoms with Gasteiger partial charge in [0.2, 0.25) is 6.79 Å². The molecule has 0 spiro atoms. The molecule has 1 atom stereocenters. The lowest BCUT2D eigenvalue weighted by Gasteiger charge is -2.14. The fourth-order valence-electron chi connectivity index (χ4n) is 1.81. The first-order valence-corrected chi connectivity index (χ1v) is 5.82. The van der Waals surface area contributed by atoms with Gasteiger partial charge in [0.05, 0.1) is 6.61 Å². The third-order valence-corrected chi connectivity index (χ3v) is 2.74. The number of esters is 1. The van der Waals surface area contributed by atoms with Crippen molar-refractivity contribution >= 4 is 5.97 Å². The summed E-state index contributed by atoms with van der Waals surface area (Å²) in [6, 6.07) is 5.65. The molecular formula is C13H16O5. The summed E-state index contributed by atoms with van der Waals surface area (Å²) < 4.78 is 15.4. The topological polar surface area (TPSA) is 65.0 Å². The Morgan fingerprint density at radius 2 is 2.22 bits per heavy atom. The summed E-state index contributed by atoms with van der Waals surface area (Å²) in [7, 11) is 0. The summed E-state index contributed by atoms with van der Waals surface area (Å²) in [6.45, 7) is 1.80. The molecule has 1 aliphatic heterocycles. The van der Waals surface area contributed by atoms with Crippen LogP contribution in [0.1, 0.15) is 12.5 Å². The maximum absolute atomic E-state index is 10.7. The van der Waals surface area contributed by atoms with Gasteiger partial charge in [-0.1, -0.05) is 6.07 Å². The van der Waals surface area contributed by atoms with E-state index >= 15 is 0 Å². The SMILES string of the molecule is CC(=O)OC[C@@H](CO)Cc1ccc2c(c1)OCO2. The monoisotopic (exact) mass is 252 g/mol. The number of aliphatic hydroxyl groups excluding tert-OH is 1.